The van der Waals surface area contributed by atoms with Gasteiger partial charge in [0, 0.05) is 17.5 Å². The van der Waals surface area contributed by atoms with Crippen LogP contribution < -0.4 is 5.32 Å². The van der Waals surface area contributed by atoms with E-state index < -0.39 is 0 Å². The van der Waals surface area contributed by atoms with Gasteiger partial charge in [-0.2, -0.15) is 0 Å². The highest BCUT2D eigenvalue weighted by molar-refractivity contribution is 7.16. The smallest absolute Gasteiger partial charge is 0.0931 e. The Balaban J connectivity index is 1.52. The molecule has 2 rings (SSSR count). The Kier molecular flexibility index (Phi) is 5.29. The monoisotopic (exact) mass is 272 g/mol. The lowest BCUT2D eigenvalue weighted by Crippen LogP contribution is -2.21. The predicted molar refractivity (Wildman–Crippen MR) is 75.9 cm³/mol. The summed E-state index contributed by atoms with van der Waals surface area (Å²) >= 11 is 7.60. The Morgan fingerprint density at radius 3 is 2.88 bits per heavy atom. The molecule has 0 spiro atoms. The zero-order chi connectivity index (χ0) is 12.1. The Labute approximate surface area is 113 Å². The van der Waals surface area contributed by atoms with Gasteiger partial charge in [-0.05, 0) is 58.0 Å². The van der Waals surface area contributed by atoms with Crippen LogP contribution in [0.1, 0.15) is 30.6 Å². The van der Waals surface area contributed by atoms with Crippen molar-refractivity contribution in [3.63, 3.8) is 0 Å². The summed E-state index contributed by atoms with van der Waals surface area (Å²) in [7, 11) is 2.18. The third-order valence-electron chi connectivity index (χ3n) is 3.03. The first-order valence-corrected chi connectivity index (χ1v) is 7.59. The number of nitrogens with one attached hydrogen (secondary N) is 1. The average Bonchev–Trinajstić information content (AvgIpc) is 3.02. The van der Waals surface area contributed by atoms with Crippen LogP contribution in [0.2, 0.25) is 4.34 Å². The van der Waals surface area contributed by atoms with Crippen molar-refractivity contribution in [1.29, 1.82) is 0 Å². The number of thiophene rings is 1. The van der Waals surface area contributed by atoms with E-state index >= 15 is 0 Å². The van der Waals surface area contributed by atoms with Crippen LogP contribution >= 0.6 is 22.9 Å². The third kappa shape index (κ3) is 5.38. The van der Waals surface area contributed by atoms with E-state index in [1.54, 1.807) is 11.3 Å². The van der Waals surface area contributed by atoms with Crippen molar-refractivity contribution in [1.82, 2.24) is 10.2 Å². The molecule has 1 saturated carbocycles. The number of unbranched alkanes of at least 4 members (excludes halogenated alkanes) is 1. The van der Waals surface area contributed by atoms with Gasteiger partial charge in [-0.15, -0.1) is 11.3 Å². The van der Waals surface area contributed by atoms with Gasteiger partial charge in [-0.25, -0.2) is 0 Å². The number of hydrogen-bond donors (Lipinski definition) is 1. The normalized spacial score (nSPS) is 15.7. The third-order valence-corrected chi connectivity index (χ3v) is 4.25. The topological polar surface area (TPSA) is 15.3 Å². The number of nitrogens with zero attached hydrogens (tertiary/aromatic N) is 1. The molecule has 1 aromatic heterocycles. The van der Waals surface area contributed by atoms with E-state index in [4.69, 9.17) is 11.6 Å². The fraction of sp³-hybridized carbons (Fsp3) is 0.692. The maximum Gasteiger partial charge on any atom is 0.0931 e. The van der Waals surface area contributed by atoms with Crippen LogP contribution in [0.4, 0.5) is 0 Å². The zero-order valence-electron chi connectivity index (χ0n) is 10.4. The lowest BCUT2D eigenvalue weighted by molar-refractivity contribution is 0.320. The first-order valence-electron chi connectivity index (χ1n) is 6.40. The molecular formula is C13H21ClN2S. The minimum atomic E-state index is 0.848. The standard InChI is InChI=1S/C13H21ClN2S/c1-16(10-12-6-7-13(14)17-12)9-3-2-8-15-11-4-5-11/h6-7,11,15H,2-5,8-10H2,1H3. The lowest BCUT2D eigenvalue weighted by Gasteiger charge is -2.15. The van der Waals surface area contributed by atoms with Gasteiger partial charge in [0.1, 0.15) is 0 Å². The van der Waals surface area contributed by atoms with Crippen LogP contribution in [0.25, 0.3) is 0 Å². The molecule has 0 radical (unpaired) electrons. The first-order chi connectivity index (χ1) is 8.24. The molecule has 17 heavy (non-hydrogen) atoms. The van der Waals surface area contributed by atoms with E-state index in [0.717, 1.165) is 16.9 Å². The van der Waals surface area contributed by atoms with Crippen LogP contribution in [0, 0.1) is 0 Å². The molecule has 1 fully saturated rings. The van der Waals surface area contributed by atoms with Gasteiger partial charge in [0.25, 0.3) is 0 Å². The summed E-state index contributed by atoms with van der Waals surface area (Å²) in [5, 5.41) is 3.55. The van der Waals surface area contributed by atoms with Gasteiger partial charge < -0.3 is 10.2 Å². The number of halogens is 1. The molecule has 0 aromatic carbocycles. The molecule has 0 bridgehead atoms. The minimum absolute atomic E-state index is 0.848. The minimum Gasteiger partial charge on any atom is -0.314 e. The van der Waals surface area contributed by atoms with E-state index in [0.29, 0.717) is 0 Å². The maximum atomic E-state index is 5.92. The summed E-state index contributed by atoms with van der Waals surface area (Å²) < 4.78 is 0.891. The molecule has 1 heterocycles. The van der Waals surface area contributed by atoms with E-state index in [2.05, 4.69) is 23.3 Å². The summed E-state index contributed by atoms with van der Waals surface area (Å²) in [5.74, 6) is 0. The van der Waals surface area contributed by atoms with E-state index in [-0.39, 0.29) is 0 Å². The van der Waals surface area contributed by atoms with Crippen LogP contribution in [-0.2, 0) is 6.54 Å². The average molecular weight is 273 g/mol. The van der Waals surface area contributed by atoms with Gasteiger partial charge in [0.15, 0.2) is 0 Å². The van der Waals surface area contributed by atoms with Gasteiger partial charge in [-0.3, -0.25) is 0 Å². The van der Waals surface area contributed by atoms with Crippen molar-refractivity contribution in [2.24, 2.45) is 0 Å². The fourth-order valence-corrected chi connectivity index (χ4v) is 3.05. The summed E-state index contributed by atoms with van der Waals surface area (Å²) in [4.78, 5) is 3.73. The van der Waals surface area contributed by atoms with Crippen LogP contribution in [0.15, 0.2) is 12.1 Å². The molecule has 2 nitrogen and oxygen atoms in total. The first kappa shape index (κ1) is 13.3. The van der Waals surface area contributed by atoms with Crippen molar-refractivity contribution < 1.29 is 0 Å². The van der Waals surface area contributed by atoms with Crippen molar-refractivity contribution in [3.05, 3.63) is 21.3 Å². The second-order valence-corrected chi connectivity index (χ2v) is 6.68. The number of hydrogen-bond acceptors (Lipinski definition) is 3. The Morgan fingerprint density at radius 1 is 1.41 bits per heavy atom. The van der Waals surface area contributed by atoms with Crippen LogP contribution in [-0.4, -0.2) is 31.1 Å². The molecule has 0 unspecified atom stereocenters. The zero-order valence-corrected chi connectivity index (χ0v) is 12.0. The molecule has 1 aliphatic rings. The molecule has 0 atom stereocenters. The van der Waals surface area contributed by atoms with Crippen LogP contribution in [0.3, 0.4) is 0 Å². The van der Waals surface area contributed by atoms with Crippen molar-refractivity contribution >= 4 is 22.9 Å². The Hall–Kier alpha value is -0.0900. The summed E-state index contributed by atoms with van der Waals surface area (Å²) in [6.07, 6.45) is 5.33. The number of rotatable bonds is 8. The quantitative estimate of drug-likeness (QED) is 0.730. The summed E-state index contributed by atoms with van der Waals surface area (Å²) in [5.41, 5.74) is 0. The van der Waals surface area contributed by atoms with Crippen LogP contribution in [0.5, 0.6) is 0 Å². The van der Waals surface area contributed by atoms with Crippen molar-refractivity contribution in [2.45, 2.75) is 38.3 Å². The van der Waals surface area contributed by atoms with Gasteiger partial charge in [-0.1, -0.05) is 11.6 Å². The lowest BCUT2D eigenvalue weighted by atomic mass is 10.3. The highest BCUT2D eigenvalue weighted by Crippen LogP contribution is 2.22. The molecule has 4 heteroatoms. The molecule has 0 amide bonds. The van der Waals surface area contributed by atoms with E-state index in [9.17, 15) is 0 Å². The fourth-order valence-electron chi connectivity index (χ4n) is 1.88. The highest BCUT2D eigenvalue weighted by Gasteiger charge is 2.19. The molecule has 96 valence electrons. The largest absolute Gasteiger partial charge is 0.314 e. The summed E-state index contributed by atoms with van der Waals surface area (Å²) in [6.45, 7) is 3.37. The van der Waals surface area contributed by atoms with Gasteiger partial charge in [0.2, 0.25) is 0 Å². The SMILES string of the molecule is CN(CCCCNC1CC1)Cc1ccc(Cl)s1. The molecule has 1 aromatic rings. The van der Waals surface area contributed by atoms with Gasteiger partial charge in [0.05, 0.1) is 4.34 Å². The molecule has 1 N–H and O–H groups in total. The Morgan fingerprint density at radius 2 is 2.24 bits per heavy atom. The predicted octanol–water partition coefficient (Wildman–Crippen LogP) is 3.37. The van der Waals surface area contributed by atoms with Gasteiger partial charge >= 0.3 is 0 Å². The van der Waals surface area contributed by atoms with Crippen molar-refractivity contribution in [3.8, 4) is 0 Å². The Bertz CT molecular complexity index is 336. The summed E-state index contributed by atoms with van der Waals surface area (Å²) in [6, 6.07) is 4.95. The van der Waals surface area contributed by atoms with E-state index in [1.807, 2.05) is 6.07 Å². The molecule has 0 aliphatic heterocycles. The second kappa shape index (κ2) is 6.74. The molecule has 0 saturated heterocycles. The molecule has 1 aliphatic carbocycles. The van der Waals surface area contributed by atoms with Crippen molar-refractivity contribution in [2.75, 3.05) is 20.1 Å². The van der Waals surface area contributed by atoms with E-state index in [1.165, 1.54) is 43.6 Å². The highest BCUT2D eigenvalue weighted by atomic mass is 35.5. The molecular weight excluding hydrogens is 252 g/mol. The maximum absolute atomic E-state index is 5.92. The second-order valence-electron chi connectivity index (χ2n) is 4.88.